The van der Waals surface area contributed by atoms with E-state index in [2.05, 4.69) is 20.2 Å². The molecule has 0 radical (unpaired) electrons. The van der Waals surface area contributed by atoms with Crippen LogP contribution in [0, 0.1) is 5.82 Å². The molecule has 1 N–H and O–H groups in total. The lowest BCUT2D eigenvalue weighted by molar-refractivity contribution is -0.141. The fourth-order valence-electron chi connectivity index (χ4n) is 4.89. The second-order valence-electron chi connectivity index (χ2n) is 9.46. The molecule has 2 saturated heterocycles. The number of fused-ring (bicyclic) bond motifs is 1. The lowest BCUT2D eigenvalue weighted by Gasteiger charge is -2.38. The summed E-state index contributed by atoms with van der Waals surface area (Å²) >= 11 is 5.94. The minimum absolute atomic E-state index is 0.0198. The first kappa shape index (κ1) is 26.4. The summed E-state index contributed by atoms with van der Waals surface area (Å²) in [6, 6.07) is 7.90. The number of carbonyl (C=O) groups excluding carboxylic acids is 1. The molecule has 3 aromatic rings. The van der Waals surface area contributed by atoms with Crippen molar-refractivity contribution in [3.8, 4) is 11.5 Å². The van der Waals surface area contributed by atoms with Gasteiger partial charge in [0.05, 0.1) is 36.9 Å². The van der Waals surface area contributed by atoms with E-state index >= 15 is 0 Å². The number of carbonyl (C=O) groups is 1. The van der Waals surface area contributed by atoms with E-state index in [9.17, 15) is 9.18 Å². The highest BCUT2D eigenvalue weighted by atomic mass is 35.5. The quantitative estimate of drug-likeness (QED) is 0.473. The van der Waals surface area contributed by atoms with Crippen molar-refractivity contribution in [1.82, 2.24) is 19.8 Å². The van der Waals surface area contributed by atoms with E-state index in [1.165, 1.54) is 18.5 Å². The zero-order valence-electron chi connectivity index (χ0n) is 21.5. The van der Waals surface area contributed by atoms with Crippen molar-refractivity contribution >= 4 is 39.9 Å². The van der Waals surface area contributed by atoms with Crippen molar-refractivity contribution < 1.29 is 23.4 Å². The summed E-state index contributed by atoms with van der Waals surface area (Å²) in [5.41, 5.74) is 1.27. The van der Waals surface area contributed by atoms with E-state index in [-0.39, 0.29) is 23.1 Å². The number of ether oxygens (including phenoxy) is 3. The fourth-order valence-corrected chi connectivity index (χ4v) is 5.07. The van der Waals surface area contributed by atoms with Crippen LogP contribution in [0.1, 0.15) is 19.8 Å². The number of methoxy groups -OCH3 is 1. The number of aromatic nitrogens is 2. The third-order valence-corrected chi connectivity index (χ3v) is 7.39. The maximum atomic E-state index is 13.6. The number of piperidine rings is 1. The van der Waals surface area contributed by atoms with Crippen molar-refractivity contribution in [3.63, 3.8) is 0 Å². The monoisotopic (exact) mass is 543 g/mol. The summed E-state index contributed by atoms with van der Waals surface area (Å²) in [7, 11) is 1.59. The minimum atomic E-state index is -0.490. The molecule has 2 aliphatic heterocycles. The standard InChI is InChI=1S/C27H31ClFN5O4/c1-17(27(35)34-9-11-37-12-10-34)33-7-5-19(6-8-33)38-25-14-20-23(15-24(25)36-2)30-16-31-26(20)32-18-3-4-22(29)21(28)13-18/h3-4,13-17,19H,5-12H2,1-2H3,(H,30,31,32). The fraction of sp³-hybridized carbons (Fsp3) is 0.444. The van der Waals surface area contributed by atoms with Gasteiger partial charge in [0.15, 0.2) is 11.5 Å². The molecule has 1 amide bonds. The summed E-state index contributed by atoms with van der Waals surface area (Å²) in [5, 5.41) is 3.94. The molecule has 9 nitrogen and oxygen atoms in total. The molecule has 1 atom stereocenters. The van der Waals surface area contributed by atoms with Crippen LogP contribution in [-0.4, -0.2) is 84.3 Å². The van der Waals surface area contributed by atoms with Crippen molar-refractivity contribution in [2.45, 2.75) is 31.9 Å². The van der Waals surface area contributed by atoms with Crippen LogP contribution in [0.2, 0.25) is 5.02 Å². The number of halogens is 2. The number of amides is 1. The molecular formula is C27H31ClFN5O4. The smallest absolute Gasteiger partial charge is 0.239 e. The van der Waals surface area contributed by atoms with Gasteiger partial charge in [-0.05, 0) is 44.0 Å². The summed E-state index contributed by atoms with van der Waals surface area (Å²) in [6.07, 6.45) is 2.99. The highest BCUT2D eigenvalue weighted by molar-refractivity contribution is 6.31. The number of nitrogens with one attached hydrogen (secondary N) is 1. The predicted molar refractivity (Wildman–Crippen MR) is 143 cm³/mol. The van der Waals surface area contributed by atoms with Gasteiger partial charge in [0.25, 0.3) is 0 Å². The van der Waals surface area contributed by atoms with Gasteiger partial charge in [0.1, 0.15) is 24.1 Å². The molecule has 0 saturated carbocycles. The van der Waals surface area contributed by atoms with E-state index in [4.69, 9.17) is 25.8 Å². The van der Waals surface area contributed by atoms with Gasteiger partial charge in [-0.2, -0.15) is 0 Å². The van der Waals surface area contributed by atoms with Crippen LogP contribution in [0.15, 0.2) is 36.7 Å². The lowest BCUT2D eigenvalue weighted by atomic mass is 10.0. The van der Waals surface area contributed by atoms with Crippen LogP contribution in [0.4, 0.5) is 15.9 Å². The highest BCUT2D eigenvalue weighted by Crippen LogP contribution is 2.36. The van der Waals surface area contributed by atoms with Crippen LogP contribution in [0.25, 0.3) is 10.9 Å². The Bertz CT molecular complexity index is 1300. The Morgan fingerprint density at radius 1 is 1.13 bits per heavy atom. The second kappa shape index (κ2) is 11.7. The number of rotatable bonds is 7. The number of benzene rings is 2. The summed E-state index contributed by atoms with van der Waals surface area (Å²) in [6.45, 7) is 6.01. The molecule has 2 aromatic carbocycles. The molecule has 3 heterocycles. The Balaban J connectivity index is 1.28. The Labute approximate surface area is 225 Å². The first-order valence-electron chi connectivity index (χ1n) is 12.7. The number of morpholine rings is 1. The van der Waals surface area contributed by atoms with Crippen LogP contribution in [0.5, 0.6) is 11.5 Å². The average molecular weight is 544 g/mol. The van der Waals surface area contributed by atoms with Gasteiger partial charge in [0, 0.05) is 43.3 Å². The van der Waals surface area contributed by atoms with Gasteiger partial charge in [-0.3, -0.25) is 9.69 Å². The number of hydrogen-bond acceptors (Lipinski definition) is 8. The number of anilines is 2. The largest absolute Gasteiger partial charge is 0.493 e. The van der Waals surface area contributed by atoms with Crippen molar-refractivity contribution in [3.05, 3.63) is 47.5 Å². The van der Waals surface area contributed by atoms with Crippen molar-refractivity contribution in [1.29, 1.82) is 0 Å². The maximum absolute atomic E-state index is 13.6. The average Bonchev–Trinajstić information content (AvgIpc) is 2.95. The molecule has 0 aliphatic carbocycles. The highest BCUT2D eigenvalue weighted by Gasteiger charge is 2.31. The Morgan fingerprint density at radius 3 is 2.61 bits per heavy atom. The van der Waals surface area contributed by atoms with E-state index in [0.717, 1.165) is 31.3 Å². The van der Waals surface area contributed by atoms with Gasteiger partial charge in [-0.1, -0.05) is 11.6 Å². The molecule has 1 aromatic heterocycles. The van der Waals surface area contributed by atoms with Gasteiger partial charge in [-0.25, -0.2) is 14.4 Å². The summed E-state index contributed by atoms with van der Waals surface area (Å²) in [5.74, 6) is 1.37. The second-order valence-corrected chi connectivity index (χ2v) is 9.87. The molecule has 202 valence electrons. The minimum Gasteiger partial charge on any atom is -0.493 e. The molecular weight excluding hydrogens is 513 g/mol. The molecule has 38 heavy (non-hydrogen) atoms. The third kappa shape index (κ3) is 5.77. The Hall–Kier alpha value is -3.21. The zero-order valence-corrected chi connectivity index (χ0v) is 22.2. The normalized spacial score (nSPS) is 17.8. The van der Waals surface area contributed by atoms with E-state index in [1.54, 1.807) is 13.2 Å². The van der Waals surface area contributed by atoms with Crippen LogP contribution < -0.4 is 14.8 Å². The van der Waals surface area contributed by atoms with Crippen LogP contribution in [0.3, 0.4) is 0 Å². The topological polar surface area (TPSA) is 89.1 Å². The number of likely N-dealkylation sites (tertiary alicyclic amines) is 1. The van der Waals surface area contributed by atoms with Gasteiger partial charge < -0.3 is 24.4 Å². The van der Waals surface area contributed by atoms with Crippen LogP contribution in [-0.2, 0) is 9.53 Å². The number of nitrogens with zero attached hydrogens (tertiary/aromatic N) is 4. The zero-order chi connectivity index (χ0) is 26.6. The van der Waals surface area contributed by atoms with Gasteiger partial charge in [0.2, 0.25) is 5.91 Å². The van der Waals surface area contributed by atoms with Gasteiger partial charge >= 0.3 is 0 Å². The molecule has 2 fully saturated rings. The van der Waals surface area contributed by atoms with E-state index in [0.29, 0.717) is 54.8 Å². The number of hydrogen-bond donors (Lipinski definition) is 1. The van der Waals surface area contributed by atoms with Crippen LogP contribution >= 0.6 is 11.6 Å². The first-order valence-corrected chi connectivity index (χ1v) is 13.1. The summed E-state index contributed by atoms with van der Waals surface area (Å²) in [4.78, 5) is 25.8. The molecule has 11 heteroatoms. The Morgan fingerprint density at radius 2 is 1.89 bits per heavy atom. The molecule has 5 rings (SSSR count). The van der Waals surface area contributed by atoms with Gasteiger partial charge in [-0.15, -0.1) is 0 Å². The van der Waals surface area contributed by atoms with Crippen molar-refractivity contribution in [2.75, 3.05) is 51.8 Å². The van der Waals surface area contributed by atoms with E-state index < -0.39 is 5.82 Å². The molecule has 0 spiro atoms. The molecule has 0 bridgehead atoms. The summed E-state index contributed by atoms with van der Waals surface area (Å²) < 4.78 is 31.0. The molecule has 2 aliphatic rings. The van der Waals surface area contributed by atoms with E-state index in [1.807, 2.05) is 24.0 Å². The molecule has 1 unspecified atom stereocenters. The Kier molecular flexibility index (Phi) is 8.11. The SMILES string of the molecule is COc1cc2ncnc(Nc3ccc(F)c(Cl)c3)c2cc1OC1CCN(C(C)C(=O)N2CCOCC2)CC1. The predicted octanol–water partition coefficient (Wildman–Crippen LogP) is 4.27. The third-order valence-electron chi connectivity index (χ3n) is 7.10. The lowest BCUT2D eigenvalue weighted by Crippen LogP contribution is -2.53. The van der Waals surface area contributed by atoms with Crippen molar-refractivity contribution in [2.24, 2.45) is 0 Å². The first-order chi connectivity index (χ1) is 18.4. The maximum Gasteiger partial charge on any atom is 0.239 e.